The van der Waals surface area contributed by atoms with E-state index in [4.69, 9.17) is 4.98 Å². The molecule has 1 aromatic heterocycles. The Hall–Kier alpha value is -2.46. The van der Waals surface area contributed by atoms with E-state index in [1.54, 1.807) is 17.8 Å². The molecule has 1 aliphatic heterocycles. The van der Waals surface area contributed by atoms with Crippen LogP contribution in [0.2, 0.25) is 0 Å². The van der Waals surface area contributed by atoms with Crippen LogP contribution in [0.3, 0.4) is 0 Å². The van der Waals surface area contributed by atoms with Crippen molar-refractivity contribution < 1.29 is 5.11 Å². The fourth-order valence-electron chi connectivity index (χ4n) is 3.57. The first-order chi connectivity index (χ1) is 13.1. The van der Waals surface area contributed by atoms with Crippen LogP contribution in [0, 0.1) is 6.92 Å². The molecule has 0 bridgehead atoms. The number of thioether (sulfide) groups is 1. The average Bonchev–Trinajstić information content (AvgIpc) is 3.24. The van der Waals surface area contributed by atoms with E-state index >= 15 is 0 Å². The number of pyridine rings is 1. The summed E-state index contributed by atoms with van der Waals surface area (Å²) in [6, 6.07) is 18.6. The van der Waals surface area contributed by atoms with Crippen LogP contribution in [0.15, 0.2) is 59.5 Å². The minimum Gasteiger partial charge on any atom is -0.507 e. The maximum atomic E-state index is 10.4. The van der Waals surface area contributed by atoms with Gasteiger partial charge in [-0.15, -0.1) is 11.8 Å². The van der Waals surface area contributed by atoms with Crippen LogP contribution < -0.4 is 4.90 Å². The van der Waals surface area contributed by atoms with Crippen molar-refractivity contribution in [2.24, 2.45) is 0 Å². The van der Waals surface area contributed by atoms with E-state index in [1.165, 1.54) is 23.3 Å². The predicted octanol–water partition coefficient (Wildman–Crippen LogP) is 5.75. The Bertz CT molecular complexity index is 947. The summed E-state index contributed by atoms with van der Waals surface area (Å²) in [4.78, 5) is 8.51. The van der Waals surface area contributed by atoms with E-state index in [2.05, 4.69) is 47.6 Å². The van der Waals surface area contributed by atoms with Crippen molar-refractivity contribution in [3.05, 3.63) is 60.2 Å². The summed E-state index contributed by atoms with van der Waals surface area (Å²) < 4.78 is 0. The fourth-order valence-corrected chi connectivity index (χ4v) is 3.98. The summed E-state index contributed by atoms with van der Waals surface area (Å²) in [7, 11) is 0. The van der Waals surface area contributed by atoms with E-state index in [-0.39, 0.29) is 5.75 Å². The molecule has 1 N–H and O–H groups in total. The fraction of sp³-hybridized carbons (Fsp3) is 0.261. The molecule has 0 atom stereocenters. The number of aryl methyl sites for hydroxylation is 1. The number of phenols is 1. The second-order valence-corrected chi connectivity index (χ2v) is 7.92. The van der Waals surface area contributed by atoms with Crippen LogP contribution in [-0.4, -0.2) is 29.4 Å². The van der Waals surface area contributed by atoms with Gasteiger partial charge in [0.25, 0.3) is 0 Å². The molecule has 0 unspecified atom stereocenters. The first-order valence-electron chi connectivity index (χ1n) is 9.35. The minimum absolute atomic E-state index is 0.273. The summed E-state index contributed by atoms with van der Waals surface area (Å²) >= 11 is 1.75. The average molecular weight is 377 g/mol. The predicted molar refractivity (Wildman–Crippen MR) is 115 cm³/mol. The number of phenolic OH excluding ortho intramolecular Hbond substituents is 1. The Labute approximate surface area is 165 Å². The number of hydrogen-bond donors (Lipinski definition) is 1. The van der Waals surface area contributed by atoms with Gasteiger partial charge in [-0.3, -0.25) is 0 Å². The lowest BCUT2D eigenvalue weighted by Gasteiger charge is -2.19. The van der Waals surface area contributed by atoms with Gasteiger partial charge in [0, 0.05) is 23.5 Å². The maximum absolute atomic E-state index is 10.4. The second kappa shape index (κ2) is 7.65. The van der Waals surface area contributed by atoms with Crippen LogP contribution in [0.25, 0.3) is 22.4 Å². The number of nitrogens with zero attached hydrogens (tertiary/aromatic N) is 2. The van der Waals surface area contributed by atoms with Crippen molar-refractivity contribution in [1.82, 2.24) is 4.98 Å². The van der Waals surface area contributed by atoms with Crippen LogP contribution >= 0.6 is 11.8 Å². The van der Waals surface area contributed by atoms with Gasteiger partial charge in [0.2, 0.25) is 0 Å². The maximum Gasteiger partial charge on any atom is 0.129 e. The van der Waals surface area contributed by atoms with Gasteiger partial charge in [-0.2, -0.15) is 0 Å². The molecule has 3 nitrogen and oxygen atoms in total. The third-order valence-corrected chi connectivity index (χ3v) is 5.84. The molecular formula is C23H24N2OS. The third kappa shape index (κ3) is 3.81. The van der Waals surface area contributed by atoms with E-state index in [0.29, 0.717) is 0 Å². The molecule has 0 saturated carbocycles. The lowest BCUT2D eigenvalue weighted by Crippen LogP contribution is -2.19. The Morgan fingerprint density at radius 2 is 1.67 bits per heavy atom. The zero-order valence-corrected chi connectivity index (χ0v) is 16.6. The van der Waals surface area contributed by atoms with E-state index in [9.17, 15) is 5.11 Å². The van der Waals surface area contributed by atoms with Gasteiger partial charge in [-0.25, -0.2) is 4.98 Å². The zero-order chi connectivity index (χ0) is 18.8. The first-order valence-corrected chi connectivity index (χ1v) is 10.6. The molecule has 1 saturated heterocycles. The molecule has 138 valence electrons. The Morgan fingerprint density at radius 3 is 2.37 bits per heavy atom. The number of hydrogen-bond acceptors (Lipinski definition) is 4. The Balaban J connectivity index is 1.84. The number of rotatable bonds is 4. The zero-order valence-electron chi connectivity index (χ0n) is 15.8. The van der Waals surface area contributed by atoms with E-state index in [1.807, 2.05) is 19.1 Å². The molecule has 0 aliphatic carbocycles. The lowest BCUT2D eigenvalue weighted by atomic mass is 10.0. The minimum atomic E-state index is 0.273. The highest BCUT2D eigenvalue weighted by molar-refractivity contribution is 7.98. The molecule has 27 heavy (non-hydrogen) atoms. The van der Waals surface area contributed by atoms with Crippen molar-refractivity contribution in [1.29, 1.82) is 0 Å². The highest BCUT2D eigenvalue weighted by Gasteiger charge is 2.17. The standard InChI is InChI=1S/C23H24N2OS/c1-16-5-10-22(26)20(13-16)21-14-18(17-6-8-19(27-2)9-7-17)15-23(24-21)25-11-3-4-12-25/h5-10,13-15,26H,3-4,11-12H2,1-2H3. The monoisotopic (exact) mass is 376 g/mol. The molecule has 2 aromatic carbocycles. The molecule has 0 spiro atoms. The summed E-state index contributed by atoms with van der Waals surface area (Å²) in [5, 5.41) is 10.4. The van der Waals surface area contributed by atoms with Crippen molar-refractivity contribution >= 4 is 17.6 Å². The number of aromatic hydroxyl groups is 1. The van der Waals surface area contributed by atoms with Gasteiger partial charge in [0.05, 0.1) is 5.69 Å². The quantitative estimate of drug-likeness (QED) is 0.588. The molecule has 3 aromatic rings. The summed E-state index contributed by atoms with van der Waals surface area (Å²) in [5.41, 5.74) is 5.03. The molecule has 0 radical (unpaired) electrons. The first kappa shape index (κ1) is 17.9. The Kier molecular flexibility index (Phi) is 5.08. The van der Waals surface area contributed by atoms with Crippen molar-refractivity contribution in [3.63, 3.8) is 0 Å². The van der Waals surface area contributed by atoms with Crippen LogP contribution in [-0.2, 0) is 0 Å². The van der Waals surface area contributed by atoms with Crippen LogP contribution in [0.4, 0.5) is 5.82 Å². The molecular weight excluding hydrogens is 352 g/mol. The summed E-state index contributed by atoms with van der Waals surface area (Å²) in [6.45, 7) is 4.12. The third-order valence-electron chi connectivity index (χ3n) is 5.09. The second-order valence-electron chi connectivity index (χ2n) is 7.04. The van der Waals surface area contributed by atoms with Gasteiger partial charge < -0.3 is 10.0 Å². The Morgan fingerprint density at radius 1 is 0.926 bits per heavy atom. The molecule has 4 heteroatoms. The largest absolute Gasteiger partial charge is 0.507 e. The summed E-state index contributed by atoms with van der Waals surface area (Å²) in [6.07, 6.45) is 4.50. The van der Waals surface area contributed by atoms with Crippen molar-refractivity contribution in [3.8, 4) is 28.1 Å². The number of benzene rings is 2. The molecule has 2 heterocycles. The molecule has 1 aliphatic rings. The van der Waals surface area contributed by atoms with Gasteiger partial charge in [0.1, 0.15) is 11.6 Å². The lowest BCUT2D eigenvalue weighted by molar-refractivity contribution is 0.477. The molecule has 0 amide bonds. The molecule has 1 fully saturated rings. The normalized spacial score (nSPS) is 13.9. The van der Waals surface area contributed by atoms with Crippen molar-refractivity contribution in [2.75, 3.05) is 24.2 Å². The number of aromatic nitrogens is 1. The molecule has 4 rings (SSSR count). The topological polar surface area (TPSA) is 36.4 Å². The highest BCUT2D eigenvalue weighted by Crippen LogP contribution is 2.35. The van der Waals surface area contributed by atoms with Gasteiger partial charge >= 0.3 is 0 Å². The highest BCUT2D eigenvalue weighted by atomic mass is 32.2. The van der Waals surface area contributed by atoms with Crippen molar-refractivity contribution in [2.45, 2.75) is 24.7 Å². The van der Waals surface area contributed by atoms with Gasteiger partial charge in [-0.05, 0) is 73.5 Å². The summed E-state index contributed by atoms with van der Waals surface area (Å²) in [5.74, 6) is 1.27. The van der Waals surface area contributed by atoms with Gasteiger partial charge in [0.15, 0.2) is 0 Å². The number of anilines is 1. The van der Waals surface area contributed by atoms with Crippen LogP contribution in [0.5, 0.6) is 5.75 Å². The van der Waals surface area contributed by atoms with Gasteiger partial charge in [-0.1, -0.05) is 23.8 Å². The van der Waals surface area contributed by atoms with Crippen LogP contribution in [0.1, 0.15) is 18.4 Å². The SMILES string of the molecule is CSc1ccc(-c2cc(-c3cc(C)ccc3O)nc(N3CCCC3)c2)cc1. The smallest absolute Gasteiger partial charge is 0.129 e. The van der Waals surface area contributed by atoms with E-state index < -0.39 is 0 Å². The van der Waals surface area contributed by atoms with E-state index in [0.717, 1.165) is 41.3 Å².